The Balaban J connectivity index is 1.43. The van der Waals surface area contributed by atoms with Gasteiger partial charge in [-0.1, -0.05) is 6.92 Å². The molecule has 0 atom stereocenters. The molecule has 0 N–H and O–H groups in total. The lowest BCUT2D eigenvalue weighted by molar-refractivity contribution is 0.0577. The minimum Gasteiger partial charge on any atom is -0.303 e. The Bertz CT molecular complexity index is 236. The lowest BCUT2D eigenvalue weighted by Gasteiger charge is -2.42. The summed E-state index contributed by atoms with van der Waals surface area (Å²) in [7, 11) is 0. The molecule has 3 aliphatic rings. The molecule has 1 aliphatic carbocycles. The van der Waals surface area contributed by atoms with Crippen molar-refractivity contribution < 1.29 is 0 Å². The van der Waals surface area contributed by atoms with Gasteiger partial charge in [0.2, 0.25) is 0 Å². The molecule has 0 aromatic heterocycles. The highest BCUT2D eigenvalue weighted by Gasteiger charge is 2.33. The van der Waals surface area contributed by atoms with Gasteiger partial charge in [-0.15, -0.1) is 0 Å². The first-order valence-corrected chi connectivity index (χ1v) is 7.57. The molecule has 0 amide bonds. The average molecular weight is 237 g/mol. The van der Waals surface area contributed by atoms with Crippen LogP contribution in [0, 0.1) is 0 Å². The van der Waals surface area contributed by atoms with Crippen molar-refractivity contribution in [2.45, 2.75) is 44.7 Å². The Labute approximate surface area is 106 Å². The maximum absolute atomic E-state index is 2.77. The molecule has 3 heteroatoms. The van der Waals surface area contributed by atoms with Crippen LogP contribution in [-0.4, -0.2) is 72.6 Å². The topological polar surface area (TPSA) is 9.72 Å². The molecule has 0 radical (unpaired) electrons. The first-order chi connectivity index (χ1) is 8.36. The predicted octanol–water partition coefficient (Wildman–Crippen LogP) is 1.25. The lowest BCUT2D eigenvalue weighted by Crippen LogP contribution is -2.53. The normalized spacial score (nSPS) is 30.9. The monoisotopic (exact) mass is 237 g/mol. The largest absolute Gasteiger partial charge is 0.303 e. The van der Waals surface area contributed by atoms with E-state index in [-0.39, 0.29) is 0 Å². The standard InChI is InChI=1S/C14H27N3/c1-2-15-7-5-14(6-8-15)17-11-9-16(10-12-17)13-3-4-13/h13-14H,2-12H2,1H3. The fourth-order valence-corrected chi connectivity index (χ4v) is 3.51. The van der Waals surface area contributed by atoms with Crippen molar-refractivity contribution in [1.29, 1.82) is 0 Å². The van der Waals surface area contributed by atoms with E-state index in [0.29, 0.717) is 0 Å². The molecule has 98 valence electrons. The van der Waals surface area contributed by atoms with Crippen molar-refractivity contribution >= 4 is 0 Å². The first kappa shape index (κ1) is 11.9. The van der Waals surface area contributed by atoms with E-state index in [2.05, 4.69) is 21.6 Å². The van der Waals surface area contributed by atoms with Gasteiger partial charge >= 0.3 is 0 Å². The van der Waals surface area contributed by atoms with Crippen molar-refractivity contribution in [3.8, 4) is 0 Å². The van der Waals surface area contributed by atoms with Gasteiger partial charge in [0, 0.05) is 38.3 Å². The van der Waals surface area contributed by atoms with Crippen LogP contribution >= 0.6 is 0 Å². The van der Waals surface area contributed by atoms with Crippen LogP contribution in [-0.2, 0) is 0 Å². The second-order valence-corrected chi connectivity index (χ2v) is 5.97. The van der Waals surface area contributed by atoms with E-state index in [0.717, 1.165) is 12.1 Å². The third kappa shape index (κ3) is 2.83. The second-order valence-electron chi connectivity index (χ2n) is 5.97. The number of piperazine rings is 1. The molecule has 1 saturated carbocycles. The van der Waals surface area contributed by atoms with Gasteiger partial charge in [0.05, 0.1) is 0 Å². The molecule has 0 aromatic rings. The van der Waals surface area contributed by atoms with Gasteiger partial charge < -0.3 is 4.90 Å². The fraction of sp³-hybridized carbons (Fsp3) is 1.00. The van der Waals surface area contributed by atoms with E-state index < -0.39 is 0 Å². The number of piperidine rings is 1. The van der Waals surface area contributed by atoms with Crippen LogP contribution in [0.5, 0.6) is 0 Å². The number of rotatable bonds is 3. The first-order valence-electron chi connectivity index (χ1n) is 7.57. The van der Waals surface area contributed by atoms with Crippen LogP contribution in [0.1, 0.15) is 32.6 Å². The molecule has 0 spiro atoms. The van der Waals surface area contributed by atoms with E-state index in [1.807, 2.05) is 0 Å². The van der Waals surface area contributed by atoms with Gasteiger partial charge in [0.1, 0.15) is 0 Å². The van der Waals surface area contributed by atoms with Gasteiger partial charge in [-0.3, -0.25) is 9.80 Å². The quantitative estimate of drug-likeness (QED) is 0.731. The predicted molar refractivity (Wildman–Crippen MR) is 71.3 cm³/mol. The SMILES string of the molecule is CCN1CCC(N2CCN(C3CC3)CC2)CC1. The Morgan fingerprint density at radius 3 is 1.59 bits per heavy atom. The van der Waals surface area contributed by atoms with Crippen molar-refractivity contribution in [1.82, 2.24) is 14.7 Å². The minimum absolute atomic E-state index is 0.888. The molecule has 0 bridgehead atoms. The van der Waals surface area contributed by atoms with Gasteiger partial charge in [-0.25, -0.2) is 0 Å². The highest BCUT2D eigenvalue weighted by Crippen LogP contribution is 2.28. The minimum atomic E-state index is 0.888. The Kier molecular flexibility index (Phi) is 3.69. The van der Waals surface area contributed by atoms with Crippen molar-refractivity contribution in [3.05, 3.63) is 0 Å². The molecule has 17 heavy (non-hydrogen) atoms. The summed E-state index contributed by atoms with van der Waals surface area (Å²) in [6, 6.07) is 1.86. The molecular formula is C14H27N3. The molecule has 2 aliphatic heterocycles. The summed E-state index contributed by atoms with van der Waals surface area (Å²) in [4.78, 5) is 8.08. The van der Waals surface area contributed by atoms with E-state index >= 15 is 0 Å². The zero-order valence-electron chi connectivity index (χ0n) is 11.3. The molecule has 3 rings (SSSR count). The van der Waals surface area contributed by atoms with Crippen LogP contribution < -0.4 is 0 Å². The maximum atomic E-state index is 2.77. The summed E-state index contributed by atoms with van der Waals surface area (Å²) in [5.74, 6) is 0. The van der Waals surface area contributed by atoms with Crippen LogP contribution in [0.15, 0.2) is 0 Å². The Morgan fingerprint density at radius 1 is 0.706 bits per heavy atom. The Hall–Kier alpha value is -0.120. The second kappa shape index (κ2) is 5.25. The van der Waals surface area contributed by atoms with E-state index in [4.69, 9.17) is 0 Å². The zero-order chi connectivity index (χ0) is 11.7. The Morgan fingerprint density at radius 2 is 1.18 bits per heavy atom. The van der Waals surface area contributed by atoms with Gasteiger partial charge in [-0.2, -0.15) is 0 Å². The summed E-state index contributed by atoms with van der Waals surface area (Å²) in [6.07, 6.45) is 5.73. The summed E-state index contributed by atoms with van der Waals surface area (Å²) in [5, 5.41) is 0. The van der Waals surface area contributed by atoms with Crippen molar-refractivity contribution in [2.24, 2.45) is 0 Å². The van der Waals surface area contributed by atoms with Crippen LogP contribution in [0.25, 0.3) is 0 Å². The fourth-order valence-electron chi connectivity index (χ4n) is 3.51. The number of hydrogen-bond acceptors (Lipinski definition) is 3. The van der Waals surface area contributed by atoms with Crippen LogP contribution in [0.3, 0.4) is 0 Å². The average Bonchev–Trinajstić information content (AvgIpc) is 3.24. The summed E-state index contributed by atoms with van der Waals surface area (Å²) < 4.78 is 0. The van der Waals surface area contributed by atoms with Crippen molar-refractivity contribution in [2.75, 3.05) is 45.8 Å². The molecule has 0 unspecified atom stereocenters. The third-order valence-corrected chi connectivity index (χ3v) is 4.93. The number of hydrogen-bond donors (Lipinski definition) is 0. The van der Waals surface area contributed by atoms with Gasteiger partial charge in [0.25, 0.3) is 0 Å². The van der Waals surface area contributed by atoms with Crippen molar-refractivity contribution in [3.63, 3.8) is 0 Å². The molecule has 2 heterocycles. The zero-order valence-corrected chi connectivity index (χ0v) is 11.3. The number of likely N-dealkylation sites (tertiary alicyclic amines) is 1. The highest BCUT2D eigenvalue weighted by molar-refractivity contribution is 4.89. The molecular weight excluding hydrogens is 210 g/mol. The summed E-state index contributed by atoms with van der Waals surface area (Å²) in [5.41, 5.74) is 0. The van der Waals surface area contributed by atoms with Gasteiger partial charge in [-0.05, 0) is 45.3 Å². The van der Waals surface area contributed by atoms with Crippen LogP contribution in [0.4, 0.5) is 0 Å². The van der Waals surface area contributed by atoms with Gasteiger partial charge in [0.15, 0.2) is 0 Å². The third-order valence-electron chi connectivity index (χ3n) is 4.93. The molecule has 2 saturated heterocycles. The van der Waals surface area contributed by atoms with E-state index in [1.165, 1.54) is 71.5 Å². The molecule has 3 fully saturated rings. The summed E-state index contributed by atoms with van der Waals surface area (Å²) in [6.45, 7) is 11.5. The summed E-state index contributed by atoms with van der Waals surface area (Å²) >= 11 is 0. The molecule has 3 nitrogen and oxygen atoms in total. The van der Waals surface area contributed by atoms with E-state index in [9.17, 15) is 0 Å². The van der Waals surface area contributed by atoms with Crippen LogP contribution in [0.2, 0.25) is 0 Å². The maximum Gasteiger partial charge on any atom is 0.0121 e. The number of nitrogens with zero attached hydrogens (tertiary/aromatic N) is 3. The van der Waals surface area contributed by atoms with E-state index in [1.54, 1.807) is 0 Å². The smallest absolute Gasteiger partial charge is 0.0121 e. The molecule has 0 aromatic carbocycles. The highest BCUT2D eigenvalue weighted by atomic mass is 15.3. The lowest BCUT2D eigenvalue weighted by atomic mass is 10.0.